The van der Waals surface area contributed by atoms with Gasteiger partial charge in [-0.2, -0.15) is 4.98 Å². The summed E-state index contributed by atoms with van der Waals surface area (Å²) in [6.45, 7) is 7.75. The monoisotopic (exact) mass is 372 g/mol. The van der Waals surface area contributed by atoms with E-state index in [9.17, 15) is 4.39 Å². The molecule has 0 radical (unpaired) electrons. The van der Waals surface area contributed by atoms with Crippen molar-refractivity contribution in [3.63, 3.8) is 0 Å². The van der Waals surface area contributed by atoms with Crippen LogP contribution in [0.3, 0.4) is 0 Å². The second-order valence-electron chi connectivity index (χ2n) is 5.69. The Balaban J connectivity index is 2.46. The van der Waals surface area contributed by atoms with Crippen molar-refractivity contribution in [3.05, 3.63) is 45.0 Å². The first-order valence-electron chi connectivity index (χ1n) is 6.36. The molecule has 0 aliphatic carbocycles. The highest BCUT2D eigenvalue weighted by Crippen LogP contribution is 2.34. The Hall–Kier alpha value is -1.20. The van der Waals surface area contributed by atoms with Gasteiger partial charge in [0, 0.05) is 11.0 Å². The molecule has 1 aromatic carbocycles. The second-order valence-corrected chi connectivity index (χ2v) is 6.91. The van der Waals surface area contributed by atoms with Crippen molar-refractivity contribution < 1.29 is 9.13 Å². The molecule has 0 aliphatic rings. The van der Waals surface area contributed by atoms with Crippen LogP contribution in [-0.4, -0.2) is 9.97 Å². The van der Waals surface area contributed by atoms with Gasteiger partial charge in [0.25, 0.3) is 0 Å². The highest BCUT2D eigenvalue weighted by Gasteiger charge is 2.21. The van der Waals surface area contributed by atoms with Gasteiger partial charge in [-0.1, -0.05) is 32.4 Å². The molecule has 0 N–H and O–H groups in total. The summed E-state index contributed by atoms with van der Waals surface area (Å²) in [7, 11) is 0. The molecular formula is C15H15BrClFN2O. The van der Waals surface area contributed by atoms with Crippen LogP contribution in [0.2, 0.25) is 5.15 Å². The summed E-state index contributed by atoms with van der Waals surface area (Å²) >= 11 is 9.42. The average Bonchev–Trinajstić information content (AvgIpc) is 2.36. The Bertz CT molecular complexity index is 686. The molecule has 0 saturated heterocycles. The number of rotatable bonds is 2. The Labute approximate surface area is 136 Å². The molecular weight excluding hydrogens is 359 g/mol. The normalized spacial score (nSPS) is 11.6. The summed E-state index contributed by atoms with van der Waals surface area (Å²) in [4.78, 5) is 8.72. The Morgan fingerprint density at radius 3 is 2.48 bits per heavy atom. The minimum absolute atomic E-state index is 0.254. The van der Waals surface area contributed by atoms with Gasteiger partial charge < -0.3 is 4.74 Å². The largest absolute Gasteiger partial charge is 0.437 e. The van der Waals surface area contributed by atoms with Crippen LogP contribution in [0.5, 0.6) is 11.6 Å². The van der Waals surface area contributed by atoms with Crippen LogP contribution in [0, 0.1) is 12.7 Å². The van der Waals surface area contributed by atoms with Gasteiger partial charge in [0.1, 0.15) is 22.5 Å². The van der Waals surface area contributed by atoms with Crippen LogP contribution in [0.25, 0.3) is 0 Å². The van der Waals surface area contributed by atoms with Crippen LogP contribution in [0.1, 0.15) is 32.2 Å². The minimum atomic E-state index is -0.345. The molecule has 0 amide bonds. The number of ether oxygens (including phenoxy) is 1. The molecule has 0 bridgehead atoms. The fourth-order valence-electron chi connectivity index (χ4n) is 1.57. The third-order valence-electron chi connectivity index (χ3n) is 2.81. The van der Waals surface area contributed by atoms with Gasteiger partial charge in [0.05, 0.1) is 4.47 Å². The molecule has 6 heteroatoms. The summed E-state index contributed by atoms with van der Waals surface area (Å²) in [5.41, 5.74) is 0.385. The predicted molar refractivity (Wildman–Crippen MR) is 84.7 cm³/mol. The van der Waals surface area contributed by atoms with E-state index < -0.39 is 0 Å². The second kappa shape index (κ2) is 5.89. The third-order valence-corrected chi connectivity index (χ3v) is 3.80. The van der Waals surface area contributed by atoms with Crippen molar-refractivity contribution in [2.45, 2.75) is 33.1 Å². The molecule has 0 atom stereocenters. The molecule has 0 fully saturated rings. The fraction of sp³-hybridized carbons (Fsp3) is 0.333. The highest BCUT2D eigenvalue weighted by atomic mass is 79.9. The van der Waals surface area contributed by atoms with E-state index in [1.165, 1.54) is 18.2 Å². The van der Waals surface area contributed by atoms with E-state index in [1.807, 2.05) is 20.8 Å². The first-order valence-corrected chi connectivity index (χ1v) is 7.53. The van der Waals surface area contributed by atoms with Gasteiger partial charge in [-0.3, -0.25) is 0 Å². The van der Waals surface area contributed by atoms with E-state index in [1.54, 1.807) is 6.92 Å². The van der Waals surface area contributed by atoms with Crippen molar-refractivity contribution in [2.24, 2.45) is 0 Å². The minimum Gasteiger partial charge on any atom is -0.437 e. The van der Waals surface area contributed by atoms with Crippen LogP contribution >= 0.6 is 27.5 Å². The quantitative estimate of drug-likeness (QED) is 0.658. The molecule has 1 aromatic heterocycles. The van der Waals surface area contributed by atoms with Crippen molar-refractivity contribution in [1.82, 2.24) is 9.97 Å². The molecule has 21 heavy (non-hydrogen) atoms. The summed E-state index contributed by atoms with van der Waals surface area (Å²) in [6.07, 6.45) is 0. The van der Waals surface area contributed by atoms with Crippen molar-refractivity contribution >= 4 is 27.5 Å². The lowest BCUT2D eigenvalue weighted by atomic mass is 9.96. The van der Waals surface area contributed by atoms with E-state index in [2.05, 4.69) is 25.9 Å². The molecule has 2 aromatic rings. The van der Waals surface area contributed by atoms with Crippen molar-refractivity contribution in [1.29, 1.82) is 0 Å². The van der Waals surface area contributed by atoms with Crippen LogP contribution in [-0.2, 0) is 5.41 Å². The summed E-state index contributed by atoms with van der Waals surface area (Å²) in [6, 6.07) is 4.19. The topological polar surface area (TPSA) is 35.0 Å². The van der Waals surface area contributed by atoms with Gasteiger partial charge in [-0.05, 0) is 41.1 Å². The van der Waals surface area contributed by atoms with Gasteiger partial charge >= 0.3 is 0 Å². The first kappa shape index (κ1) is 16.2. The molecule has 0 aliphatic heterocycles. The maximum atomic E-state index is 13.1. The van der Waals surface area contributed by atoms with E-state index in [-0.39, 0.29) is 11.2 Å². The number of hydrogen-bond acceptors (Lipinski definition) is 3. The number of hydrogen-bond donors (Lipinski definition) is 0. The molecule has 0 saturated carbocycles. The standard InChI is InChI=1S/C15H15BrClFN2O/c1-8-12(17)19-14(15(2,3)4)20-13(8)21-11-6-5-9(18)7-10(11)16/h5-7H,1-4H3. The molecule has 0 unspecified atom stereocenters. The zero-order valence-corrected chi connectivity index (χ0v) is 14.5. The van der Waals surface area contributed by atoms with E-state index in [4.69, 9.17) is 16.3 Å². The SMILES string of the molecule is Cc1c(Cl)nc(C(C)(C)C)nc1Oc1ccc(F)cc1Br. The van der Waals surface area contributed by atoms with E-state index in [0.717, 1.165) is 0 Å². The van der Waals surface area contributed by atoms with Gasteiger partial charge in [0.15, 0.2) is 0 Å². The molecule has 2 rings (SSSR count). The summed E-state index contributed by atoms with van der Waals surface area (Å²) in [5, 5.41) is 0.350. The zero-order valence-electron chi connectivity index (χ0n) is 12.2. The lowest BCUT2D eigenvalue weighted by Gasteiger charge is -2.19. The fourth-order valence-corrected chi connectivity index (χ4v) is 2.16. The van der Waals surface area contributed by atoms with Crippen molar-refractivity contribution in [3.8, 4) is 11.6 Å². The number of nitrogens with zero attached hydrogens (tertiary/aromatic N) is 2. The van der Waals surface area contributed by atoms with Crippen LogP contribution in [0.15, 0.2) is 22.7 Å². The summed E-state index contributed by atoms with van der Waals surface area (Å²) < 4.78 is 19.4. The number of halogens is 3. The lowest BCUT2D eigenvalue weighted by molar-refractivity contribution is 0.438. The smallest absolute Gasteiger partial charge is 0.227 e. The zero-order chi connectivity index (χ0) is 15.8. The lowest BCUT2D eigenvalue weighted by Crippen LogP contribution is -2.17. The van der Waals surface area contributed by atoms with Gasteiger partial charge in [-0.15, -0.1) is 0 Å². The molecule has 0 spiro atoms. The Morgan fingerprint density at radius 1 is 1.24 bits per heavy atom. The first-order chi connectivity index (χ1) is 9.68. The Kier molecular flexibility index (Phi) is 4.54. The maximum Gasteiger partial charge on any atom is 0.227 e. The van der Waals surface area contributed by atoms with E-state index in [0.29, 0.717) is 32.6 Å². The third kappa shape index (κ3) is 3.71. The van der Waals surface area contributed by atoms with Gasteiger partial charge in [0.2, 0.25) is 5.88 Å². The predicted octanol–water partition coefficient (Wildman–Crippen LogP) is 5.43. The Morgan fingerprint density at radius 2 is 1.90 bits per heavy atom. The molecule has 3 nitrogen and oxygen atoms in total. The number of aromatic nitrogens is 2. The summed E-state index contributed by atoms with van der Waals surface area (Å²) in [5.74, 6) is 1.08. The van der Waals surface area contributed by atoms with Crippen LogP contribution < -0.4 is 4.74 Å². The van der Waals surface area contributed by atoms with Crippen molar-refractivity contribution in [2.75, 3.05) is 0 Å². The highest BCUT2D eigenvalue weighted by molar-refractivity contribution is 9.10. The maximum absolute atomic E-state index is 13.1. The van der Waals surface area contributed by atoms with Crippen LogP contribution in [0.4, 0.5) is 4.39 Å². The van der Waals surface area contributed by atoms with E-state index >= 15 is 0 Å². The average molecular weight is 374 g/mol. The van der Waals surface area contributed by atoms with Gasteiger partial charge in [-0.25, -0.2) is 9.37 Å². The number of benzene rings is 1. The molecule has 112 valence electrons. The molecule has 1 heterocycles.